The van der Waals surface area contributed by atoms with Crippen LogP contribution in [-0.2, 0) is 0 Å². The molecule has 0 aliphatic carbocycles. The number of nitrogens with zero attached hydrogens (tertiary/aromatic N) is 3. The van der Waals surface area contributed by atoms with E-state index < -0.39 is 0 Å². The monoisotopic (exact) mass is 221 g/mol. The number of hydrogen-bond acceptors (Lipinski definition) is 3. The van der Waals surface area contributed by atoms with E-state index in [4.69, 9.17) is 5.53 Å². The lowest BCUT2D eigenvalue weighted by molar-refractivity contribution is 1.27. The summed E-state index contributed by atoms with van der Waals surface area (Å²) in [5.74, 6) is 0. The van der Waals surface area contributed by atoms with Crippen LogP contribution in [0.1, 0.15) is 5.56 Å². The summed E-state index contributed by atoms with van der Waals surface area (Å²) in [6.45, 7) is 0. The first-order chi connectivity index (χ1) is 6.90. The van der Waals surface area contributed by atoms with Gasteiger partial charge in [0.25, 0.3) is 0 Å². The molecule has 14 heavy (non-hydrogen) atoms. The molecule has 5 heteroatoms. The van der Waals surface area contributed by atoms with Crippen molar-refractivity contribution in [2.45, 2.75) is 4.71 Å². The summed E-state index contributed by atoms with van der Waals surface area (Å²) in [4.78, 5) is 3.97. The van der Waals surface area contributed by atoms with E-state index in [-0.39, 0.29) is 4.71 Å². The van der Waals surface area contributed by atoms with Gasteiger partial charge < -0.3 is 0 Å². The fraction of sp³-hybridized carbons (Fsp3) is 0.111. The Kier molecular flexibility index (Phi) is 3.03. The molecule has 2 rings (SSSR count). The standard InChI is InChI=1S/C9H7N3S2/c10-12-11-9-13-6-8(14-9)7-4-2-1-3-5-7/h1-6,9H. The first-order valence-corrected chi connectivity index (χ1v) is 5.84. The van der Waals surface area contributed by atoms with Gasteiger partial charge in [0, 0.05) is 9.82 Å². The summed E-state index contributed by atoms with van der Waals surface area (Å²) in [6.07, 6.45) is 0. The highest BCUT2D eigenvalue weighted by molar-refractivity contribution is 8.26. The molecule has 1 unspecified atom stereocenters. The van der Waals surface area contributed by atoms with E-state index in [1.807, 2.05) is 23.6 Å². The lowest BCUT2D eigenvalue weighted by atomic mass is 10.2. The molecule has 0 amide bonds. The second-order valence-electron chi connectivity index (χ2n) is 2.61. The molecule has 1 heterocycles. The second-order valence-corrected chi connectivity index (χ2v) is 4.99. The Hall–Kier alpha value is -1.03. The Labute approximate surface area is 90.2 Å². The molecule has 70 valence electrons. The molecule has 1 atom stereocenters. The van der Waals surface area contributed by atoms with Crippen molar-refractivity contribution in [1.29, 1.82) is 0 Å². The summed E-state index contributed by atoms with van der Waals surface area (Å²) in [5, 5.41) is 5.69. The molecule has 0 radical (unpaired) electrons. The van der Waals surface area contributed by atoms with Crippen LogP contribution in [0.5, 0.6) is 0 Å². The van der Waals surface area contributed by atoms with E-state index in [2.05, 4.69) is 22.2 Å². The summed E-state index contributed by atoms with van der Waals surface area (Å²) in [6, 6.07) is 10.1. The zero-order valence-corrected chi connectivity index (χ0v) is 8.83. The van der Waals surface area contributed by atoms with Gasteiger partial charge in [0.15, 0.2) is 0 Å². The Bertz CT molecular complexity index is 396. The quantitative estimate of drug-likeness (QED) is 0.429. The molecular formula is C9H7N3S2. The van der Waals surface area contributed by atoms with Gasteiger partial charge in [-0.15, -0.1) is 23.5 Å². The van der Waals surface area contributed by atoms with Crippen molar-refractivity contribution in [2.75, 3.05) is 0 Å². The predicted molar refractivity (Wildman–Crippen MR) is 62.5 cm³/mol. The maximum Gasteiger partial charge on any atom is 0.138 e. The Balaban J connectivity index is 2.13. The third kappa shape index (κ3) is 2.07. The number of thioether (sulfide) groups is 2. The number of benzene rings is 1. The second kappa shape index (κ2) is 4.46. The molecule has 1 aromatic rings. The minimum Gasteiger partial charge on any atom is -0.112 e. The molecule has 1 aliphatic heterocycles. The summed E-state index contributed by atoms with van der Waals surface area (Å²) in [7, 11) is 0. The minimum atomic E-state index is -0.0461. The zero-order chi connectivity index (χ0) is 9.80. The highest BCUT2D eigenvalue weighted by Crippen LogP contribution is 2.45. The van der Waals surface area contributed by atoms with Crippen molar-refractivity contribution in [1.82, 2.24) is 0 Å². The van der Waals surface area contributed by atoms with E-state index in [9.17, 15) is 0 Å². The Morgan fingerprint density at radius 2 is 2.07 bits per heavy atom. The van der Waals surface area contributed by atoms with Crippen LogP contribution in [0.4, 0.5) is 0 Å². The summed E-state index contributed by atoms with van der Waals surface area (Å²) in [5.41, 5.74) is 9.47. The van der Waals surface area contributed by atoms with E-state index >= 15 is 0 Å². The van der Waals surface area contributed by atoms with Crippen LogP contribution in [0.25, 0.3) is 15.3 Å². The number of hydrogen-bond donors (Lipinski definition) is 0. The van der Waals surface area contributed by atoms with Gasteiger partial charge in [0.05, 0.1) is 0 Å². The van der Waals surface area contributed by atoms with Crippen molar-refractivity contribution in [3.05, 3.63) is 51.7 Å². The average Bonchev–Trinajstić information content (AvgIpc) is 2.68. The molecule has 0 spiro atoms. The maximum atomic E-state index is 8.29. The lowest BCUT2D eigenvalue weighted by Crippen LogP contribution is -1.82. The predicted octanol–water partition coefficient (Wildman–Crippen LogP) is 4.06. The van der Waals surface area contributed by atoms with E-state index in [1.54, 1.807) is 23.5 Å². The van der Waals surface area contributed by atoms with Crippen molar-refractivity contribution >= 4 is 28.4 Å². The summed E-state index contributed by atoms with van der Waals surface area (Å²) >= 11 is 3.14. The van der Waals surface area contributed by atoms with Crippen molar-refractivity contribution < 1.29 is 0 Å². The third-order valence-corrected chi connectivity index (χ3v) is 4.10. The average molecular weight is 221 g/mol. The van der Waals surface area contributed by atoms with E-state index in [0.717, 1.165) is 0 Å². The third-order valence-electron chi connectivity index (χ3n) is 1.72. The molecule has 0 aromatic heterocycles. The van der Waals surface area contributed by atoms with E-state index in [1.165, 1.54) is 10.5 Å². The highest BCUT2D eigenvalue weighted by Gasteiger charge is 2.17. The lowest BCUT2D eigenvalue weighted by Gasteiger charge is -2.01. The van der Waals surface area contributed by atoms with Gasteiger partial charge in [-0.05, 0) is 16.5 Å². The van der Waals surface area contributed by atoms with Gasteiger partial charge >= 0.3 is 0 Å². The smallest absolute Gasteiger partial charge is 0.112 e. The first-order valence-electron chi connectivity index (χ1n) is 4.02. The van der Waals surface area contributed by atoms with Gasteiger partial charge in [-0.2, -0.15) is 0 Å². The minimum absolute atomic E-state index is 0.0461. The molecule has 1 aromatic carbocycles. The zero-order valence-electron chi connectivity index (χ0n) is 7.20. The van der Waals surface area contributed by atoms with Gasteiger partial charge in [-0.25, -0.2) is 0 Å². The van der Waals surface area contributed by atoms with E-state index in [0.29, 0.717) is 0 Å². The first kappa shape index (κ1) is 9.52. The topological polar surface area (TPSA) is 48.8 Å². The van der Waals surface area contributed by atoms with Gasteiger partial charge in [-0.1, -0.05) is 35.4 Å². The van der Waals surface area contributed by atoms with Crippen LogP contribution in [0.15, 0.2) is 40.9 Å². The molecule has 0 saturated heterocycles. The van der Waals surface area contributed by atoms with Crippen molar-refractivity contribution in [3.63, 3.8) is 0 Å². The molecule has 0 fully saturated rings. The molecule has 3 nitrogen and oxygen atoms in total. The largest absolute Gasteiger partial charge is 0.138 e. The Morgan fingerprint density at radius 1 is 1.29 bits per heavy atom. The van der Waals surface area contributed by atoms with Gasteiger partial charge in [-0.3, -0.25) is 0 Å². The van der Waals surface area contributed by atoms with Crippen LogP contribution >= 0.6 is 23.5 Å². The fourth-order valence-electron chi connectivity index (χ4n) is 1.12. The van der Waals surface area contributed by atoms with Crippen molar-refractivity contribution in [3.8, 4) is 0 Å². The molecule has 0 bridgehead atoms. The molecule has 1 aliphatic rings. The highest BCUT2D eigenvalue weighted by atomic mass is 32.2. The normalized spacial score (nSPS) is 20.0. The number of rotatable bonds is 2. The van der Waals surface area contributed by atoms with Crippen molar-refractivity contribution in [2.24, 2.45) is 5.11 Å². The SMILES string of the molecule is [N-]=[N+]=NC1SC=C(c2ccccc2)S1. The van der Waals surface area contributed by atoms with Crippen LogP contribution < -0.4 is 0 Å². The van der Waals surface area contributed by atoms with Crippen LogP contribution in [0.2, 0.25) is 0 Å². The maximum absolute atomic E-state index is 8.29. The Morgan fingerprint density at radius 3 is 2.79 bits per heavy atom. The van der Waals surface area contributed by atoms with Crippen LogP contribution in [0, 0.1) is 0 Å². The molecule has 0 N–H and O–H groups in total. The molecular weight excluding hydrogens is 214 g/mol. The summed E-state index contributed by atoms with van der Waals surface area (Å²) < 4.78 is -0.0461. The van der Waals surface area contributed by atoms with Crippen LogP contribution in [-0.4, -0.2) is 4.71 Å². The fourth-order valence-corrected chi connectivity index (χ4v) is 3.26. The number of azide groups is 1. The molecule has 0 saturated carbocycles. The van der Waals surface area contributed by atoms with Gasteiger partial charge in [0.1, 0.15) is 4.71 Å². The van der Waals surface area contributed by atoms with Gasteiger partial charge in [0.2, 0.25) is 0 Å². The van der Waals surface area contributed by atoms with Crippen LogP contribution in [0.3, 0.4) is 0 Å².